The summed E-state index contributed by atoms with van der Waals surface area (Å²) in [5.74, 6) is 0. The maximum Gasteiger partial charge on any atom is 0.434 e. The van der Waals surface area contributed by atoms with E-state index in [-0.39, 0.29) is 17.8 Å². The summed E-state index contributed by atoms with van der Waals surface area (Å²) in [7, 11) is 0. The van der Waals surface area contributed by atoms with Crippen LogP contribution in [0.4, 0.5) is 21.9 Å². The van der Waals surface area contributed by atoms with Crippen LogP contribution < -0.4 is 21.5 Å². The number of ether oxygens (including phenoxy) is 1. The van der Waals surface area contributed by atoms with Gasteiger partial charge in [-0.15, -0.1) is 0 Å². The first-order valence-electron chi connectivity index (χ1n) is 11.8. The second-order valence-electron chi connectivity index (χ2n) is 8.66. The fraction of sp³-hybridized carbons (Fsp3) is 0.583. The van der Waals surface area contributed by atoms with Crippen LogP contribution >= 0.6 is 0 Å². The Morgan fingerprint density at radius 3 is 2.45 bits per heavy atom. The molecule has 1 aliphatic carbocycles. The topological polar surface area (TPSA) is 110 Å². The summed E-state index contributed by atoms with van der Waals surface area (Å²) in [5, 5.41) is 7.37. The average molecular weight is 459 g/mol. The van der Waals surface area contributed by atoms with Crippen LogP contribution in [-0.4, -0.2) is 41.4 Å². The molecule has 0 bridgehead atoms. The highest BCUT2D eigenvalue weighted by atomic mass is 16.7. The lowest BCUT2D eigenvalue weighted by atomic mass is 9.98. The van der Waals surface area contributed by atoms with Crippen LogP contribution in [0.15, 0.2) is 34.1 Å². The number of aromatic nitrogens is 1. The molecule has 0 radical (unpaired) electrons. The Balaban J connectivity index is 1.33. The van der Waals surface area contributed by atoms with Gasteiger partial charge >= 0.3 is 6.09 Å². The van der Waals surface area contributed by atoms with E-state index in [2.05, 4.69) is 15.6 Å². The highest BCUT2D eigenvalue weighted by molar-refractivity contribution is 5.78. The van der Waals surface area contributed by atoms with Gasteiger partial charge in [-0.25, -0.2) is 4.79 Å². The largest absolute Gasteiger partial charge is 0.448 e. The molecule has 0 spiro atoms. The average Bonchev–Trinajstić information content (AvgIpc) is 2.83. The molecule has 9 nitrogen and oxygen atoms in total. The van der Waals surface area contributed by atoms with Crippen LogP contribution in [0.25, 0.3) is 0 Å². The third kappa shape index (κ3) is 7.02. The highest BCUT2D eigenvalue weighted by Gasteiger charge is 2.25. The van der Waals surface area contributed by atoms with Gasteiger partial charge in [0.05, 0.1) is 18.8 Å². The number of rotatable bonds is 12. The van der Waals surface area contributed by atoms with Gasteiger partial charge in [-0.05, 0) is 58.1 Å². The van der Waals surface area contributed by atoms with Gasteiger partial charge < -0.3 is 15.4 Å². The minimum Gasteiger partial charge on any atom is -0.448 e. The lowest BCUT2D eigenvalue weighted by Crippen LogP contribution is -2.41. The number of pyridine rings is 1. The molecular formula is C24H34N4O5. The first kappa shape index (κ1) is 24.7. The van der Waals surface area contributed by atoms with Gasteiger partial charge in [0.2, 0.25) is 0 Å². The number of nitrogens with one attached hydrogen (secondary N) is 2. The minimum atomic E-state index is -0.522. The number of nitrogens with zero attached hydrogens (tertiary/aromatic N) is 2. The SMILES string of the molecule is CC(C)N(OC1CCCCC1)C(=O)OCCCCCNc1c(Nc2ccncc2)c(=O)c1=O. The van der Waals surface area contributed by atoms with E-state index in [4.69, 9.17) is 9.57 Å². The second-order valence-corrected chi connectivity index (χ2v) is 8.66. The van der Waals surface area contributed by atoms with Crippen LogP contribution in [0.5, 0.6) is 0 Å². The predicted octanol–water partition coefficient (Wildman–Crippen LogP) is 4.11. The zero-order valence-corrected chi connectivity index (χ0v) is 19.5. The quantitative estimate of drug-likeness (QED) is 0.278. The van der Waals surface area contributed by atoms with Crippen molar-refractivity contribution < 1.29 is 14.4 Å². The number of anilines is 3. The van der Waals surface area contributed by atoms with Crippen molar-refractivity contribution in [3.05, 3.63) is 45.0 Å². The monoisotopic (exact) mass is 458 g/mol. The predicted molar refractivity (Wildman–Crippen MR) is 127 cm³/mol. The number of hydrogen-bond acceptors (Lipinski definition) is 8. The summed E-state index contributed by atoms with van der Waals surface area (Å²) < 4.78 is 5.40. The summed E-state index contributed by atoms with van der Waals surface area (Å²) in [4.78, 5) is 46.0. The summed E-state index contributed by atoms with van der Waals surface area (Å²) in [6.07, 6.45) is 10.6. The fourth-order valence-electron chi connectivity index (χ4n) is 3.81. The Kier molecular flexibility index (Phi) is 9.24. The van der Waals surface area contributed by atoms with Gasteiger partial charge in [0, 0.05) is 24.6 Å². The Labute approximate surface area is 194 Å². The van der Waals surface area contributed by atoms with E-state index < -0.39 is 17.0 Å². The molecule has 2 aromatic rings. The zero-order chi connectivity index (χ0) is 23.6. The minimum absolute atomic E-state index is 0.0884. The van der Waals surface area contributed by atoms with Crippen molar-refractivity contribution in [1.29, 1.82) is 0 Å². The Morgan fingerprint density at radius 1 is 1.06 bits per heavy atom. The molecule has 3 rings (SSSR count). The van der Waals surface area contributed by atoms with E-state index in [9.17, 15) is 14.4 Å². The van der Waals surface area contributed by atoms with Crippen molar-refractivity contribution in [2.24, 2.45) is 0 Å². The van der Waals surface area contributed by atoms with Crippen molar-refractivity contribution in [2.75, 3.05) is 23.8 Å². The van der Waals surface area contributed by atoms with Crippen molar-refractivity contribution in [1.82, 2.24) is 10.0 Å². The number of hydroxylamine groups is 2. The molecule has 0 atom stereocenters. The van der Waals surface area contributed by atoms with Crippen molar-refractivity contribution in [3.63, 3.8) is 0 Å². The molecule has 33 heavy (non-hydrogen) atoms. The lowest BCUT2D eigenvalue weighted by molar-refractivity contribution is -0.197. The Bertz CT molecular complexity index is 950. The van der Waals surface area contributed by atoms with Gasteiger partial charge in [0.15, 0.2) is 0 Å². The first-order valence-corrected chi connectivity index (χ1v) is 11.8. The molecule has 1 aliphatic rings. The van der Waals surface area contributed by atoms with E-state index in [1.54, 1.807) is 24.5 Å². The number of hydrogen-bond donors (Lipinski definition) is 2. The van der Waals surface area contributed by atoms with Crippen molar-refractivity contribution in [2.45, 2.75) is 77.4 Å². The second kappa shape index (κ2) is 12.3. The van der Waals surface area contributed by atoms with Crippen LogP contribution in [0, 0.1) is 0 Å². The van der Waals surface area contributed by atoms with Crippen LogP contribution in [-0.2, 0) is 9.57 Å². The summed E-state index contributed by atoms with van der Waals surface area (Å²) >= 11 is 0. The molecule has 1 amide bonds. The first-order chi connectivity index (χ1) is 16.0. The van der Waals surface area contributed by atoms with Gasteiger partial charge in [-0.1, -0.05) is 19.3 Å². The van der Waals surface area contributed by atoms with E-state index in [0.717, 1.165) is 38.5 Å². The van der Waals surface area contributed by atoms with Crippen molar-refractivity contribution >= 4 is 23.2 Å². The van der Waals surface area contributed by atoms with E-state index in [1.807, 2.05) is 13.8 Å². The number of carbonyl (C=O) groups is 1. The van der Waals surface area contributed by atoms with Gasteiger partial charge in [0.1, 0.15) is 11.4 Å². The van der Waals surface area contributed by atoms with Crippen molar-refractivity contribution in [3.8, 4) is 0 Å². The summed E-state index contributed by atoms with van der Waals surface area (Å²) in [5.41, 5.74) is 0.269. The third-order valence-electron chi connectivity index (χ3n) is 5.67. The van der Waals surface area contributed by atoms with E-state index >= 15 is 0 Å². The molecule has 1 heterocycles. The molecule has 2 N–H and O–H groups in total. The van der Waals surface area contributed by atoms with Crippen LogP contribution in [0.3, 0.4) is 0 Å². The molecule has 0 aliphatic heterocycles. The number of unbranched alkanes of at least 4 members (excludes halogenated alkanes) is 2. The highest BCUT2D eigenvalue weighted by Crippen LogP contribution is 2.23. The molecule has 0 unspecified atom stereocenters. The standard InChI is InChI=1S/C24H34N4O5/c1-17(2)28(33-19-9-5-3-6-10-19)24(31)32-16-8-4-7-13-26-20-21(23(30)22(20)29)27-18-11-14-25-15-12-18/h11-12,14-15,17,19,26H,3-10,13,16H2,1-2H3,(H,25,27). The molecule has 9 heteroatoms. The summed E-state index contributed by atoms with van der Waals surface area (Å²) in [6.45, 7) is 4.68. The Hall–Kier alpha value is -2.94. The Morgan fingerprint density at radius 2 is 1.76 bits per heavy atom. The van der Waals surface area contributed by atoms with Crippen LogP contribution in [0.2, 0.25) is 0 Å². The van der Waals surface area contributed by atoms with Gasteiger partial charge in [-0.2, -0.15) is 5.06 Å². The number of carbonyl (C=O) groups excluding carboxylic acids is 1. The van der Waals surface area contributed by atoms with Gasteiger partial charge in [-0.3, -0.25) is 19.4 Å². The lowest BCUT2D eigenvalue weighted by Gasteiger charge is -2.31. The molecule has 180 valence electrons. The zero-order valence-electron chi connectivity index (χ0n) is 19.5. The van der Waals surface area contributed by atoms with Crippen LogP contribution in [0.1, 0.15) is 65.2 Å². The smallest absolute Gasteiger partial charge is 0.434 e. The summed E-state index contributed by atoms with van der Waals surface area (Å²) in [6, 6.07) is 3.36. The van der Waals surface area contributed by atoms with Gasteiger partial charge in [0.25, 0.3) is 10.9 Å². The molecule has 1 fully saturated rings. The number of amides is 1. The molecule has 0 saturated heterocycles. The molecule has 1 aromatic carbocycles. The third-order valence-corrected chi connectivity index (χ3v) is 5.67. The van der Waals surface area contributed by atoms with E-state index in [0.29, 0.717) is 30.9 Å². The maximum atomic E-state index is 12.4. The molecule has 1 aromatic heterocycles. The molecular weight excluding hydrogens is 424 g/mol. The maximum absolute atomic E-state index is 12.4. The normalized spacial score (nSPS) is 14.4. The fourth-order valence-corrected chi connectivity index (χ4v) is 3.81. The molecule has 1 saturated carbocycles. The van der Waals surface area contributed by atoms with E-state index in [1.165, 1.54) is 11.5 Å².